The monoisotopic (exact) mass is 450 g/mol. The summed E-state index contributed by atoms with van der Waals surface area (Å²) in [4.78, 5) is 22.4. The van der Waals surface area contributed by atoms with E-state index in [-0.39, 0.29) is 41.3 Å². The van der Waals surface area contributed by atoms with Crippen molar-refractivity contribution in [1.82, 2.24) is 15.3 Å². The van der Waals surface area contributed by atoms with E-state index in [1.54, 1.807) is 6.07 Å². The molecule has 0 fully saturated rings. The Balaban J connectivity index is 1.51. The molecule has 0 spiro atoms. The van der Waals surface area contributed by atoms with Gasteiger partial charge in [-0.1, -0.05) is 18.2 Å². The van der Waals surface area contributed by atoms with E-state index < -0.39 is 11.6 Å². The van der Waals surface area contributed by atoms with E-state index in [0.29, 0.717) is 12.2 Å². The number of aromatic nitrogens is 2. The number of nitrogens with zero attached hydrogens (tertiary/aromatic N) is 3. The van der Waals surface area contributed by atoms with E-state index >= 15 is 0 Å². The summed E-state index contributed by atoms with van der Waals surface area (Å²) in [6.07, 6.45) is 2.50. The van der Waals surface area contributed by atoms with E-state index in [0.717, 1.165) is 31.3 Å². The first-order chi connectivity index (χ1) is 15.9. The molecule has 2 aromatic carbocycles. The van der Waals surface area contributed by atoms with Crippen molar-refractivity contribution in [2.24, 2.45) is 0 Å². The standard InChI is InChI=1S/C25H24F2N4O2/c1-14(2)31-21-10-18(9-19(26)25(21)33-13-23(31)32)24-20(27)12-29-22(30-24)8-15-3-4-17-11-28-6-5-16(17)7-15/h3-4,7,9-10,12,14,28H,5-6,8,11,13H2,1-2H3. The fraction of sp³-hybridized carbons (Fsp3) is 0.320. The Morgan fingerprint density at radius 2 is 2.00 bits per heavy atom. The molecule has 1 amide bonds. The van der Waals surface area contributed by atoms with Crippen LogP contribution in [0.25, 0.3) is 11.3 Å². The second-order valence-electron chi connectivity index (χ2n) is 8.64. The number of amides is 1. The van der Waals surface area contributed by atoms with Gasteiger partial charge in [0.25, 0.3) is 5.91 Å². The molecule has 1 N–H and O–H groups in total. The second-order valence-corrected chi connectivity index (χ2v) is 8.64. The molecule has 0 unspecified atom stereocenters. The summed E-state index contributed by atoms with van der Waals surface area (Å²) in [7, 11) is 0. The zero-order valence-corrected chi connectivity index (χ0v) is 18.5. The molecule has 8 heteroatoms. The van der Waals surface area contributed by atoms with Crippen molar-refractivity contribution in [2.75, 3.05) is 18.1 Å². The summed E-state index contributed by atoms with van der Waals surface area (Å²) in [6.45, 7) is 5.23. The minimum atomic E-state index is -0.663. The van der Waals surface area contributed by atoms with Crippen molar-refractivity contribution >= 4 is 11.6 Å². The molecule has 0 saturated carbocycles. The number of halogens is 2. The Morgan fingerprint density at radius 1 is 1.15 bits per heavy atom. The maximum absolute atomic E-state index is 14.9. The summed E-state index contributed by atoms with van der Waals surface area (Å²) >= 11 is 0. The number of ether oxygens (including phenoxy) is 1. The molecule has 3 aromatic rings. The SMILES string of the molecule is CC(C)N1C(=O)COc2c(F)cc(-c3nc(Cc4ccc5c(c4)CCNC5)ncc3F)cc21. The Labute approximate surface area is 190 Å². The molecule has 0 radical (unpaired) electrons. The van der Waals surface area contributed by atoms with Crippen LogP contribution in [0.3, 0.4) is 0 Å². The fourth-order valence-electron chi connectivity index (χ4n) is 4.46. The lowest BCUT2D eigenvalue weighted by molar-refractivity contribution is -0.121. The number of anilines is 1. The van der Waals surface area contributed by atoms with Crippen molar-refractivity contribution in [3.8, 4) is 17.0 Å². The van der Waals surface area contributed by atoms with Crippen LogP contribution in [-0.4, -0.2) is 35.1 Å². The van der Waals surface area contributed by atoms with Crippen LogP contribution >= 0.6 is 0 Å². The summed E-state index contributed by atoms with van der Waals surface area (Å²) < 4.78 is 35.0. The number of hydrogen-bond donors (Lipinski definition) is 1. The maximum atomic E-state index is 14.9. The van der Waals surface area contributed by atoms with Gasteiger partial charge in [-0.05, 0) is 55.6 Å². The molecule has 2 aliphatic heterocycles. The maximum Gasteiger partial charge on any atom is 0.265 e. The van der Waals surface area contributed by atoms with Crippen molar-refractivity contribution in [3.63, 3.8) is 0 Å². The predicted octanol–water partition coefficient (Wildman–Crippen LogP) is 3.79. The van der Waals surface area contributed by atoms with E-state index in [1.807, 2.05) is 19.9 Å². The first-order valence-corrected chi connectivity index (χ1v) is 11.0. The second kappa shape index (κ2) is 8.51. The van der Waals surface area contributed by atoms with Crippen LogP contribution in [0.1, 0.15) is 36.4 Å². The lowest BCUT2D eigenvalue weighted by Gasteiger charge is -2.33. The molecule has 0 atom stereocenters. The highest BCUT2D eigenvalue weighted by atomic mass is 19.1. The average molecular weight is 450 g/mol. The van der Waals surface area contributed by atoms with E-state index in [9.17, 15) is 13.6 Å². The smallest absolute Gasteiger partial charge is 0.265 e. The van der Waals surface area contributed by atoms with Gasteiger partial charge in [0.1, 0.15) is 11.5 Å². The largest absolute Gasteiger partial charge is 0.478 e. The molecular weight excluding hydrogens is 426 g/mol. The Hall–Kier alpha value is -3.39. The van der Waals surface area contributed by atoms with E-state index in [2.05, 4.69) is 27.4 Å². The first-order valence-electron chi connectivity index (χ1n) is 11.0. The Bertz CT molecular complexity index is 1250. The zero-order chi connectivity index (χ0) is 23.1. The molecule has 33 heavy (non-hydrogen) atoms. The molecule has 0 saturated heterocycles. The molecule has 1 aromatic heterocycles. The molecule has 3 heterocycles. The summed E-state index contributed by atoms with van der Waals surface area (Å²) in [6, 6.07) is 8.80. The molecule has 6 nitrogen and oxygen atoms in total. The number of rotatable bonds is 4. The molecular formula is C25H24F2N4O2. The minimum Gasteiger partial charge on any atom is -0.478 e. The van der Waals surface area contributed by atoms with E-state index in [1.165, 1.54) is 22.1 Å². The van der Waals surface area contributed by atoms with Crippen molar-refractivity contribution in [3.05, 3.63) is 70.7 Å². The zero-order valence-electron chi connectivity index (χ0n) is 18.5. The van der Waals surface area contributed by atoms with Gasteiger partial charge in [0.2, 0.25) is 0 Å². The van der Waals surface area contributed by atoms with Gasteiger partial charge < -0.3 is 15.0 Å². The highest BCUT2D eigenvalue weighted by Gasteiger charge is 2.31. The van der Waals surface area contributed by atoms with Gasteiger partial charge in [-0.15, -0.1) is 0 Å². The third-order valence-electron chi connectivity index (χ3n) is 6.00. The number of hydrogen-bond acceptors (Lipinski definition) is 5. The Morgan fingerprint density at radius 3 is 2.82 bits per heavy atom. The van der Waals surface area contributed by atoms with Crippen LogP contribution in [0.5, 0.6) is 5.75 Å². The van der Waals surface area contributed by atoms with Gasteiger partial charge in [0.15, 0.2) is 24.0 Å². The molecule has 0 bridgehead atoms. The van der Waals surface area contributed by atoms with Gasteiger partial charge in [-0.25, -0.2) is 18.7 Å². The summed E-state index contributed by atoms with van der Waals surface area (Å²) in [5.74, 6) is -1.17. The van der Waals surface area contributed by atoms with Crippen LogP contribution in [0, 0.1) is 11.6 Å². The van der Waals surface area contributed by atoms with Crippen LogP contribution in [0.2, 0.25) is 0 Å². The van der Waals surface area contributed by atoms with Gasteiger partial charge in [0, 0.05) is 24.6 Å². The lowest BCUT2D eigenvalue weighted by atomic mass is 9.97. The Kier molecular flexibility index (Phi) is 5.54. The first kappa shape index (κ1) is 21.5. The topological polar surface area (TPSA) is 67.4 Å². The highest BCUT2D eigenvalue weighted by Crippen LogP contribution is 2.39. The van der Waals surface area contributed by atoms with Crippen molar-refractivity contribution < 1.29 is 18.3 Å². The fourth-order valence-corrected chi connectivity index (χ4v) is 4.46. The van der Waals surface area contributed by atoms with E-state index in [4.69, 9.17) is 4.74 Å². The van der Waals surface area contributed by atoms with Crippen LogP contribution in [0.15, 0.2) is 36.5 Å². The molecule has 170 valence electrons. The predicted molar refractivity (Wildman–Crippen MR) is 120 cm³/mol. The molecule has 0 aliphatic carbocycles. The highest BCUT2D eigenvalue weighted by molar-refractivity contribution is 5.99. The number of nitrogens with one attached hydrogen (secondary N) is 1. The minimum absolute atomic E-state index is 0.00871. The normalized spacial score (nSPS) is 15.3. The van der Waals surface area contributed by atoms with Gasteiger partial charge in [-0.3, -0.25) is 4.79 Å². The average Bonchev–Trinajstić information content (AvgIpc) is 2.79. The van der Waals surface area contributed by atoms with Crippen LogP contribution < -0.4 is 15.0 Å². The van der Waals surface area contributed by atoms with Crippen LogP contribution in [-0.2, 0) is 24.2 Å². The lowest BCUT2D eigenvalue weighted by Crippen LogP contribution is -2.43. The number of benzene rings is 2. The summed E-state index contributed by atoms with van der Waals surface area (Å²) in [5.41, 5.74) is 4.11. The quantitative estimate of drug-likeness (QED) is 0.655. The van der Waals surface area contributed by atoms with Gasteiger partial charge >= 0.3 is 0 Å². The van der Waals surface area contributed by atoms with Crippen molar-refractivity contribution in [1.29, 1.82) is 0 Å². The van der Waals surface area contributed by atoms with Crippen LogP contribution in [0.4, 0.5) is 14.5 Å². The third kappa shape index (κ3) is 4.06. The summed E-state index contributed by atoms with van der Waals surface area (Å²) in [5, 5.41) is 3.35. The number of carbonyl (C=O) groups is 1. The van der Waals surface area contributed by atoms with Crippen molar-refractivity contribution in [2.45, 2.75) is 39.3 Å². The molecule has 2 aliphatic rings. The van der Waals surface area contributed by atoms with Gasteiger partial charge in [0.05, 0.1) is 11.9 Å². The molecule has 5 rings (SSSR count). The third-order valence-corrected chi connectivity index (χ3v) is 6.00. The number of fused-ring (bicyclic) bond motifs is 2. The van der Waals surface area contributed by atoms with Gasteiger partial charge in [-0.2, -0.15) is 0 Å². The number of carbonyl (C=O) groups excluding carboxylic acids is 1.